The van der Waals surface area contributed by atoms with Crippen LogP contribution in [-0.2, 0) is 10.0 Å². The van der Waals surface area contributed by atoms with Gasteiger partial charge in [-0.25, -0.2) is 13.0 Å². The van der Waals surface area contributed by atoms with Crippen LogP contribution in [0.3, 0.4) is 0 Å². The Morgan fingerprint density at radius 1 is 1.13 bits per heavy atom. The van der Waals surface area contributed by atoms with Crippen molar-refractivity contribution in [1.29, 1.82) is 0 Å². The molecule has 23 heavy (non-hydrogen) atoms. The van der Waals surface area contributed by atoms with E-state index in [1.54, 1.807) is 22.5 Å². The highest BCUT2D eigenvalue weighted by atomic mass is 32.2. The molecule has 0 unspecified atom stereocenters. The monoisotopic (exact) mass is 336 g/mol. The Labute approximate surface area is 135 Å². The number of hydrogen-bond donors (Lipinski definition) is 0. The van der Waals surface area contributed by atoms with Crippen molar-refractivity contribution in [1.82, 2.24) is 19.5 Å². The van der Waals surface area contributed by atoms with Gasteiger partial charge in [-0.1, -0.05) is 6.07 Å². The van der Waals surface area contributed by atoms with Gasteiger partial charge in [-0.15, -0.1) is 0 Å². The van der Waals surface area contributed by atoms with E-state index in [1.165, 1.54) is 12.8 Å². The molecule has 1 aromatic heterocycles. The molecule has 1 atom stereocenters. The number of nitrogens with zero attached hydrogens (tertiary/aromatic N) is 4. The third-order valence-electron chi connectivity index (χ3n) is 4.83. The van der Waals surface area contributed by atoms with E-state index in [2.05, 4.69) is 15.2 Å². The molecular weight excluding hydrogens is 316 g/mol. The third kappa shape index (κ3) is 2.64. The summed E-state index contributed by atoms with van der Waals surface area (Å²) in [6.07, 6.45) is 4.25. The second kappa shape index (κ2) is 5.85. The van der Waals surface area contributed by atoms with Gasteiger partial charge in [0.05, 0.1) is 0 Å². The largest absolute Gasteiger partial charge is 0.302 e. The van der Waals surface area contributed by atoms with Crippen molar-refractivity contribution in [3.05, 3.63) is 18.2 Å². The molecule has 0 radical (unpaired) electrons. The summed E-state index contributed by atoms with van der Waals surface area (Å²) in [5.41, 5.74) is 0.792. The fraction of sp³-hybridized carbons (Fsp3) is 0.600. The number of likely N-dealkylation sites (tertiary alicyclic amines) is 1. The first kappa shape index (κ1) is 15.0. The summed E-state index contributed by atoms with van der Waals surface area (Å²) in [4.78, 5) is 2.57. The van der Waals surface area contributed by atoms with E-state index in [4.69, 9.17) is 4.63 Å². The van der Waals surface area contributed by atoms with E-state index in [1.807, 2.05) is 0 Å². The first-order valence-electron chi connectivity index (χ1n) is 8.12. The lowest BCUT2D eigenvalue weighted by molar-refractivity contribution is 0.257. The van der Waals surface area contributed by atoms with E-state index in [-0.39, 0.29) is 10.9 Å². The van der Waals surface area contributed by atoms with Crippen LogP contribution < -0.4 is 0 Å². The smallest absolute Gasteiger partial charge is 0.245 e. The van der Waals surface area contributed by atoms with Crippen molar-refractivity contribution < 1.29 is 13.0 Å². The lowest BCUT2D eigenvalue weighted by atomic mass is 10.2. The van der Waals surface area contributed by atoms with E-state index < -0.39 is 10.0 Å². The topological polar surface area (TPSA) is 79.5 Å². The number of rotatable bonds is 4. The minimum Gasteiger partial charge on any atom is -0.302 e. The summed E-state index contributed by atoms with van der Waals surface area (Å²) < 4.78 is 32.6. The fourth-order valence-electron chi connectivity index (χ4n) is 3.69. The van der Waals surface area contributed by atoms with Crippen LogP contribution in [0.1, 0.15) is 25.7 Å². The molecule has 0 spiro atoms. The van der Waals surface area contributed by atoms with Gasteiger partial charge in [0.2, 0.25) is 10.0 Å². The maximum absolute atomic E-state index is 13.1. The van der Waals surface area contributed by atoms with Crippen LogP contribution in [0.4, 0.5) is 0 Å². The highest BCUT2D eigenvalue weighted by Gasteiger charge is 2.37. The number of fused-ring (bicyclic) bond motifs is 1. The molecule has 2 aliphatic rings. The van der Waals surface area contributed by atoms with Crippen LogP contribution >= 0.6 is 0 Å². The van der Waals surface area contributed by atoms with Crippen molar-refractivity contribution in [2.45, 2.75) is 36.6 Å². The molecule has 2 aliphatic heterocycles. The predicted octanol–water partition coefficient (Wildman–Crippen LogP) is 1.47. The highest BCUT2D eigenvalue weighted by molar-refractivity contribution is 7.89. The Kier molecular flexibility index (Phi) is 3.82. The molecule has 0 bridgehead atoms. The van der Waals surface area contributed by atoms with Crippen LogP contribution in [-0.4, -0.2) is 60.2 Å². The quantitative estimate of drug-likeness (QED) is 0.841. The van der Waals surface area contributed by atoms with Gasteiger partial charge in [0, 0.05) is 19.1 Å². The minimum atomic E-state index is -3.58. The van der Waals surface area contributed by atoms with Crippen LogP contribution in [0.15, 0.2) is 27.7 Å². The predicted molar refractivity (Wildman–Crippen MR) is 84.4 cm³/mol. The first-order valence-corrected chi connectivity index (χ1v) is 9.56. The zero-order valence-corrected chi connectivity index (χ0v) is 13.7. The molecule has 0 amide bonds. The Bertz CT molecular complexity index is 798. The first-order chi connectivity index (χ1) is 11.2. The molecule has 2 aromatic rings. The van der Waals surface area contributed by atoms with Gasteiger partial charge in [0.1, 0.15) is 10.4 Å². The molecule has 1 aromatic carbocycles. The number of hydrogen-bond acceptors (Lipinski definition) is 6. The summed E-state index contributed by atoms with van der Waals surface area (Å²) in [7, 11) is -3.58. The lowest BCUT2D eigenvalue weighted by Gasteiger charge is -2.27. The molecule has 3 heterocycles. The van der Waals surface area contributed by atoms with Crippen LogP contribution in [0.5, 0.6) is 0 Å². The van der Waals surface area contributed by atoms with Gasteiger partial charge in [-0.3, -0.25) is 0 Å². The van der Waals surface area contributed by atoms with Crippen LogP contribution in [0.2, 0.25) is 0 Å². The Hall–Kier alpha value is -1.51. The van der Waals surface area contributed by atoms with Gasteiger partial charge in [-0.05, 0) is 61.2 Å². The standard InChI is InChI=1S/C15H20N4O3S/c20-23(21,14-7-3-6-13-15(14)17-22-16-13)19-10-4-5-12(19)11-18-8-1-2-9-18/h3,6-7,12H,1-2,4-5,8-11H2/t12-/m1/s1. The summed E-state index contributed by atoms with van der Waals surface area (Å²) in [5.74, 6) is 0. The van der Waals surface area contributed by atoms with Crippen molar-refractivity contribution in [3.63, 3.8) is 0 Å². The van der Waals surface area contributed by atoms with E-state index in [0.29, 0.717) is 17.6 Å². The zero-order valence-electron chi connectivity index (χ0n) is 12.9. The molecular formula is C15H20N4O3S. The molecule has 0 aliphatic carbocycles. The Balaban J connectivity index is 1.65. The van der Waals surface area contributed by atoms with Crippen molar-refractivity contribution >= 4 is 21.1 Å². The van der Waals surface area contributed by atoms with Gasteiger partial charge in [0.15, 0.2) is 5.52 Å². The van der Waals surface area contributed by atoms with Crippen molar-refractivity contribution in [3.8, 4) is 0 Å². The Morgan fingerprint density at radius 3 is 2.78 bits per heavy atom. The average Bonchev–Trinajstić information content (AvgIpc) is 3.28. The third-order valence-corrected chi connectivity index (χ3v) is 6.81. The maximum Gasteiger partial charge on any atom is 0.245 e. The fourth-order valence-corrected chi connectivity index (χ4v) is 5.51. The second-order valence-corrected chi connectivity index (χ2v) is 8.17. The molecule has 124 valence electrons. The SMILES string of the molecule is O=S(=O)(c1cccc2nonc12)N1CCC[C@@H]1CN1CCCC1. The molecule has 0 saturated carbocycles. The second-order valence-electron chi connectivity index (χ2n) is 6.31. The molecule has 8 heteroatoms. The highest BCUT2D eigenvalue weighted by Crippen LogP contribution is 2.30. The minimum absolute atomic E-state index is 0.0493. The van der Waals surface area contributed by atoms with Gasteiger partial charge < -0.3 is 4.90 Å². The summed E-state index contributed by atoms with van der Waals surface area (Å²) in [6, 6.07) is 5.03. The molecule has 4 rings (SSSR count). The maximum atomic E-state index is 13.1. The molecule has 0 N–H and O–H groups in total. The average molecular weight is 336 g/mol. The number of aromatic nitrogens is 2. The zero-order chi connectivity index (χ0) is 15.9. The van der Waals surface area contributed by atoms with E-state index >= 15 is 0 Å². The molecule has 2 saturated heterocycles. The Morgan fingerprint density at radius 2 is 1.96 bits per heavy atom. The summed E-state index contributed by atoms with van der Waals surface area (Å²) in [5, 5.41) is 7.53. The van der Waals surface area contributed by atoms with E-state index in [9.17, 15) is 8.42 Å². The summed E-state index contributed by atoms with van der Waals surface area (Å²) >= 11 is 0. The van der Waals surface area contributed by atoms with Crippen LogP contribution in [0, 0.1) is 0 Å². The van der Waals surface area contributed by atoms with E-state index in [0.717, 1.165) is 32.5 Å². The normalized spacial score (nSPS) is 23.9. The number of sulfonamides is 1. The van der Waals surface area contributed by atoms with Crippen LogP contribution in [0.25, 0.3) is 11.0 Å². The summed E-state index contributed by atoms with van der Waals surface area (Å²) in [6.45, 7) is 3.55. The van der Waals surface area contributed by atoms with Crippen molar-refractivity contribution in [2.24, 2.45) is 0 Å². The number of benzene rings is 1. The van der Waals surface area contributed by atoms with Gasteiger partial charge >= 0.3 is 0 Å². The molecule has 7 nitrogen and oxygen atoms in total. The lowest BCUT2D eigenvalue weighted by Crippen LogP contribution is -2.42. The molecule has 2 fully saturated rings. The van der Waals surface area contributed by atoms with Crippen molar-refractivity contribution in [2.75, 3.05) is 26.2 Å². The van der Waals surface area contributed by atoms with Gasteiger partial charge in [0.25, 0.3) is 0 Å². The van der Waals surface area contributed by atoms with Gasteiger partial charge in [-0.2, -0.15) is 4.31 Å².